The standard InChI is InChI=1S/C64H106O6/c1-4-7-10-13-16-19-22-25-27-29-30-31-32-33-34-35-37-39-42-45-48-51-54-57-63(66)69-60-61(59-68-62(65)56-53-50-47-44-41-38-24-21-18-15-12-9-6-3)70-64(67)58-55-52-49-46-43-40-36-28-26-23-20-17-14-11-8-5-2/h7,10,16,19-21,23-25,27-28,30-31,33-34,36-37,39,61H,4-6,8-9,11-15,17-18,22,26,29,32,35,38,40-60H2,1-3H3/b10-7-,19-16-,23-20-,24-21-,27-25-,31-30-,34-33-,36-28-,39-37-. The van der Waals surface area contributed by atoms with Gasteiger partial charge in [0, 0.05) is 19.3 Å². The Morgan fingerprint density at radius 3 is 0.886 bits per heavy atom. The highest BCUT2D eigenvalue weighted by Crippen LogP contribution is 2.13. The van der Waals surface area contributed by atoms with Crippen molar-refractivity contribution in [3.8, 4) is 0 Å². The molecule has 0 aromatic heterocycles. The van der Waals surface area contributed by atoms with Crippen LogP contribution < -0.4 is 0 Å². The Kier molecular flexibility index (Phi) is 54.4. The maximum atomic E-state index is 12.8. The van der Waals surface area contributed by atoms with E-state index in [0.29, 0.717) is 19.3 Å². The number of allylic oxidation sites excluding steroid dienone is 18. The van der Waals surface area contributed by atoms with E-state index in [2.05, 4.69) is 130 Å². The van der Waals surface area contributed by atoms with E-state index < -0.39 is 6.10 Å². The average Bonchev–Trinajstić information content (AvgIpc) is 3.36. The Bertz CT molecular complexity index is 1440. The van der Waals surface area contributed by atoms with Gasteiger partial charge in [0.05, 0.1) is 0 Å². The zero-order valence-corrected chi connectivity index (χ0v) is 45.5. The first kappa shape index (κ1) is 66.1. The second-order valence-corrected chi connectivity index (χ2v) is 18.8. The van der Waals surface area contributed by atoms with Crippen LogP contribution in [-0.2, 0) is 28.6 Å². The molecule has 0 spiro atoms. The lowest BCUT2D eigenvalue weighted by Gasteiger charge is -2.18. The van der Waals surface area contributed by atoms with E-state index in [1.807, 2.05) is 0 Å². The first-order valence-corrected chi connectivity index (χ1v) is 28.9. The molecule has 0 radical (unpaired) electrons. The Morgan fingerprint density at radius 1 is 0.300 bits per heavy atom. The molecule has 0 aliphatic carbocycles. The molecule has 70 heavy (non-hydrogen) atoms. The van der Waals surface area contributed by atoms with Crippen molar-refractivity contribution in [2.45, 2.75) is 264 Å². The van der Waals surface area contributed by atoms with Crippen LogP contribution in [0.3, 0.4) is 0 Å². The van der Waals surface area contributed by atoms with E-state index in [-0.39, 0.29) is 31.1 Å². The topological polar surface area (TPSA) is 78.9 Å². The van der Waals surface area contributed by atoms with Crippen molar-refractivity contribution in [2.24, 2.45) is 0 Å². The molecule has 0 aliphatic rings. The van der Waals surface area contributed by atoms with Crippen molar-refractivity contribution in [1.29, 1.82) is 0 Å². The van der Waals surface area contributed by atoms with E-state index in [1.165, 1.54) is 70.6 Å². The van der Waals surface area contributed by atoms with Crippen LogP contribution in [0.25, 0.3) is 0 Å². The van der Waals surface area contributed by atoms with Gasteiger partial charge in [-0.1, -0.05) is 220 Å². The minimum Gasteiger partial charge on any atom is -0.462 e. The first-order chi connectivity index (χ1) is 34.5. The molecule has 0 heterocycles. The molecular weight excluding hydrogens is 865 g/mol. The summed E-state index contributed by atoms with van der Waals surface area (Å²) < 4.78 is 16.8. The predicted octanol–water partition coefficient (Wildman–Crippen LogP) is 19.5. The smallest absolute Gasteiger partial charge is 0.306 e. The summed E-state index contributed by atoms with van der Waals surface area (Å²) in [7, 11) is 0. The summed E-state index contributed by atoms with van der Waals surface area (Å²) in [6, 6.07) is 0. The molecule has 0 aromatic carbocycles. The lowest BCUT2D eigenvalue weighted by atomic mass is 10.1. The second-order valence-electron chi connectivity index (χ2n) is 18.8. The second kappa shape index (κ2) is 57.6. The quantitative estimate of drug-likeness (QED) is 0.0262. The molecule has 0 bridgehead atoms. The molecule has 398 valence electrons. The van der Waals surface area contributed by atoms with Crippen LogP contribution >= 0.6 is 0 Å². The summed E-state index contributed by atoms with van der Waals surface area (Å²) in [4.78, 5) is 38.1. The Labute approximate surface area is 431 Å². The number of unbranched alkanes of at least 4 members (excludes halogenated alkanes) is 22. The SMILES string of the molecule is CC/C=C\C/C=C\C/C=C\C/C=C\C/C=C\C/C=C\CCCCCCC(=O)OCC(COC(=O)CCCCCCC/C=C\CCCCCC)OC(=O)CCCCCCC/C=C\C/C=C\CCCCCC. The van der Waals surface area contributed by atoms with Gasteiger partial charge in [-0.25, -0.2) is 0 Å². The fourth-order valence-electron chi connectivity index (χ4n) is 7.65. The van der Waals surface area contributed by atoms with Crippen LogP contribution in [0, 0.1) is 0 Å². The summed E-state index contributed by atoms with van der Waals surface area (Å²) in [6.07, 6.45) is 77.9. The molecule has 1 atom stereocenters. The Hall–Kier alpha value is -3.93. The van der Waals surface area contributed by atoms with Crippen molar-refractivity contribution < 1.29 is 28.6 Å². The van der Waals surface area contributed by atoms with Crippen LogP contribution in [-0.4, -0.2) is 37.2 Å². The number of hydrogen-bond donors (Lipinski definition) is 0. The van der Waals surface area contributed by atoms with Gasteiger partial charge in [0.25, 0.3) is 0 Å². The maximum Gasteiger partial charge on any atom is 0.306 e. The highest BCUT2D eigenvalue weighted by atomic mass is 16.6. The number of ether oxygens (including phenoxy) is 3. The third-order valence-electron chi connectivity index (χ3n) is 12.0. The van der Waals surface area contributed by atoms with Crippen LogP contribution in [0.4, 0.5) is 0 Å². The Morgan fingerprint density at radius 2 is 0.557 bits per heavy atom. The number of carbonyl (C=O) groups excluding carboxylic acids is 3. The zero-order chi connectivity index (χ0) is 50.7. The van der Waals surface area contributed by atoms with Crippen molar-refractivity contribution in [3.05, 3.63) is 109 Å². The molecule has 0 aromatic rings. The van der Waals surface area contributed by atoms with Gasteiger partial charge in [0.2, 0.25) is 0 Å². The van der Waals surface area contributed by atoms with Gasteiger partial charge < -0.3 is 14.2 Å². The molecule has 0 N–H and O–H groups in total. The summed E-state index contributed by atoms with van der Waals surface area (Å²) >= 11 is 0. The highest BCUT2D eigenvalue weighted by Gasteiger charge is 2.19. The molecule has 6 heteroatoms. The van der Waals surface area contributed by atoms with E-state index in [1.54, 1.807) is 0 Å². The summed E-state index contributed by atoms with van der Waals surface area (Å²) in [5, 5.41) is 0. The monoisotopic (exact) mass is 971 g/mol. The highest BCUT2D eigenvalue weighted by molar-refractivity contribution is 5.71. The van der Waals surface area contributed by atoms with Gasteiger partial charge in [-0.05, 0) is 128 Å². The fourth-order valence-corrected chi connectivity index (χ4v) is 7.65. The van der Waals surface area contributed by atoms with Gasteiger partial charge in [-0.3, -0.25) is 14.4 Å². The van der Waals surface area contributed by atoms with Crippen molar-refractivity contribution in [2.75, 3.05) is 13.2 Å². The van der Waals surface area contributed by atoms with Crippen LogP contribution in [0.2, 0.25) is 0 Å². The van der Waals surface area contributed by atoms with E-state index in [0.717, 1.165) is 148 Å². The zero-order valence-electron chi connectivity index (χ0n) is 45.5. The van der Waals surface area contributed by atoms with E-state index in [4.69, 9.17) is 14.2 Å². The number of rotatable bonds is 51. The third-order valence-corrected chi connectivity index (χ3v) is 12.0. The average molecular weight is 972 g/mol. The normalized spacial score (nSPS) is 12.9. The van der Waals surface area contributed by atoms with Gasteiger partial charge in [0.15, 0.2) is 6.10 Å². The molecule has 0 amide bonds. The van der Waals surface area contributed by atoms with Gasteiger partial charge in [-0.15, -0.1) is 0 Å². The Balaban J connectivity index is 4.45. The van der Waals surface area contributed by atoms with Crippen LogP contribution in [0.1, 0.15) is 258 Å². The van der Waals surface area contributed by atoms with Crippen molar-refractivity contribution >= 4 is 17.9 Å². The number of hydrogen-bond acceptors (Lipinski definition) is 6. The molecule has 0 saturated carbocycles. The fraction of sp³-hybridized carbons (Fsp3) is 0.672. The maximum absolute atomic E-state index is 12.8. The minimum atomic E-state index is -0.802. The predicted molar refractivity (Wildman–Crippen MR) is 302 cm³/mol. The molecule has 0 rings (SSSR count). The van der Waals surface area contributed by atoms with Crippen molar-refractivity contribution in [3.63, 3.8) is 0 Å². The summed E-state index contributed by atoms with van der Waals surface area (Å²) in [5.41, 5.74) is 0. The van der Waals surface area contributed by atoms with E-state index in [9.17, 15) is 14.4 Å². The van der Waals surface area contributed by atoms with Crippen molar-refractivity contribution in [1.82, 2.24) is 0 Å². The summed E-state index contributed by atoms with van der Waals surface area (Å²) in [6.45, 7) is 6.45. The van der Waals surface area contributed by atoms with Crippen LogP contribution in [0.5, 0.6) is 0 Å². The first-order valence-electron chi connectivity index (χ1n) is 28.9. The number of carbonyl (C=O) groups is 3. The molecular formula is C64H106O6. The third kappa shape index (κ3) is 55.0. The molecule has 0 saturated heterocycles. The van der Waals surface area contributed by atoms with Gasteiger partial charge in [-0.2, -0.15) is 0 Å². The molecule has 0 fully saturated rings. The lowest BCUT2D eigenvalue weighted by molar-refractivity contribution is -0.167. The molecule has 0 aliphatic heterocycles. The summed E-state index contributed by atoms with van der Waals surface area (Å²) in [5.74, 6) is -0.945. The van der Waals surface area contributed by atoms with E-state index >= 15 is 0 Å². The van der Waals surface area contributed by atoms with Gasteiger partial charge >= 0.3 is 17.9 Å². The molecule has 1 unspecified atom stereocenters. The lowest BCUT2D eigenvalue weighted by Crippen LogP contribution is -2.30. The molecule has 6 nitrogen and oxygen atoms in total. The van der Waals surface area contributed by atoms with Crippen LogP contribution in [0.15, 0.2) is 109 Å². The van der Waals surface area contributed by atoms with Gasteiger partial charge in [0.1, 0.15) is 13.2 Å². The minimum absolute atomic E-state index is 0.0977. The largest absolute Gasteiger partial charge is 0.462 e. The number of esters is 3.